The predicted molar refractivity (Wildman–Crippen MR) is 184 cm³/mol. The van der Waals surface area contributed by atoms with E-state index in [-0.39, 0.29) is 45.9 Å². The van der Waals surface area contributed by atoms with Gasteiger partial charge in [0.1, 0.15) is 22.7 Å². The smallest absolute Gasteiger partial charge is 0.340 e. The van der Waals surface area contributed by atoms with E-state index in [0.29, 0.717) is 57.2 Å². The maximum atomic E-state index is 13.2. The summed E-state index contributed by atoms with van der Waals surface area (Å²) in [7, 11) is 3.09. The van der Waals surface area contributed by atoms with Crippen molar-refractivity contribution in [2.24, 2.45) is 0 Å². The van der Waals surface area contributed by atoms with E-state index in [0.717, 1.165) is 11.1 Å². The van der Waals surface area contributed by atoms with Gasteiger partial charge in [-0.3, -0.25) is 0 Å². The molecule has 11 heteroatoms. The van der Waals surface area contributed by atoms with E-state index in [1.54, 1.807) is 50.6 Å². The first-order valence-corrected chi connectivity index (χ1v) is 15.3. The van der Waals surface area contributed by atoms with Crippen LogP contribution in [0.4, 0.5) is 11.4 Å². The molecule has 240 valence electrons. The molecule has 0 fully saturated rings. The summed E-state index contributed by atoms with van der Waals surface area (Å²) >= 11 is 13.5. The van der Waals surface area contributed by atoms with Gasteiger partial charge in [-0.25, -0.2) is 9.59 Å². The molecule has 2 aromatic heterocycles. The number of rotatable bonds is 10. The van der Waals surface area contributed by atoms with Gasteiger partial charge in [-0.15, -0.1) is 0 Å². The van der Waals surface area contributed by atoms with Crippen LogP contribution < -0.4 is 27.5 Å². The van der Waals surface area contributed by atoms with Crippen LogP contribution in [0.25, 0.3) is 21.9 Å². The van der Waals surface area contributed by atoms with Crippen molar-refractivity contribution in [3.8, 4) is 11.5 Å². The topological polar surface area (TPSA) is 140 Å². The summed E-state index contributed by atoms with van der Waals surface area (Å²) < 4.78 is 28.5. The molecule has 0 radical (unpaired) electrons. The third-order valence-electron chi connectivity index (χ3n) is 7.81. The van der Waals surface area contributed by atoms with Crippen molar-refractivity contribution in [1.82, 2.24) is 0 Å². The van der Waals surface area contributed by atoms with Gasteiger partial charge in [0.2, 0.25) is 0 Å². The van der Waals surface area contributed by atoms with Crippen LogP contribution in [0, 0.1) is 0 Å². The molecule has 0 amide bonds. The molecule has 0 aliphatic rings. The number of halogens is 2. The lowest BCUT2D eigenvalue weighted by Gasteiger charge is -2.15. The van der Waals surface area contributed by atoms with Crippen LogP contribution in [-0.2, 0) is 35.5 Å². The monoisotopic (exact) mass is 672 g/mol. The third kappa shape index (κ3) is 6.70. The van der Waals surface area contributed by atoms with Gasteiger partial charge in [-0.05, 0) is 58.7 Å². The zero-order chi connectivity index (χ0) is 33.2. The van der Waals surface area contributed by atoms with E-state index < -0.39 is 11.3 Å². The third-order valence-corrected chi connectivity index (χ3v) is 8.40. The van der Waals surface area contributed by atoms with Gasteiger partial charge in [-0.2, -0.15) is 0 Å². The summed E-state index contributed by atoms with van der Waals surface area (Å²) in [5.74, 6) is 0.349. The van der Waals surface area contributed by atoms with Crippen LogP contribution >= 0.6 is 23.2 Å². The fourth-order valence-corrected chi connectivity index (χ4v) is 6.07. The van der Waals surface area contributed by atoms with Crippen LogP contribution in [-0.4, -0.2) is 14.2 Å². The average molecular weight is 674 g/mol. The van der Waals surface area contributed by atoms with Crippen molar-refractivity contribution in [3.05, 3.63) is 137 Å². The van der Waals surface area contributed by atoms with Gasteiger partial charge in [0, 0.05) is 72.5 Å². The Hall–Kier alpha value is -4.80. The highest BCUT2D eigenvalue weighted by Gasteiger charge is 2.21. The Morgan fingerprint density at radius 1 is 0.617 bits per heavy atom. The number of methoxy groups -OCH3 is 2. The van der Waals surface area contributed by atoms with Crippen molar-refractivity contribution in [3.63, 3.8) is 0 Å². The molecule has 0 unspecified atom stereocenters. The molecule has 9 nitrogen and oxygen atoms in total. The van der Waals surface area contributed by atoms with Crippen molar-refractivity contribution < 1.29 is 23.0 Å². The summed E-state index contributed by atoms with van der Waals surface area (Å²) in [5, 5.41) is 1.65. The first-order valence-electron chi connectivity index (χ1n) is 14.6. The Balaban J connectivity index is 1.40. The lowest BCUT2D eigenvalue weighted by Crippen LogP contribution is -2.14. The Morgan fingerprint density at radius 3 is 1.43 bits per heavy atom. The number of fused-ring (bicyclic) bond motifs is 2. The summed E-state index contributed by atoms with van der Waals surface area (Å²) in [6.07, 6.45) is 0.587. The molecule has 0 spiro atoms. The van der Waals surface area contributed by atoms with E-state index in [9.17, 15) is 9.59 Å². The Labute approximate surface area is 279 Å². The van der Waals surface area contributed by atoms with Gasteiger partial charge in [0.15, 0.2) is 0 Å². The van der Waals surface area contributed by atoms with Crippen LogP contribution in [0.5, 0.6) is 11.5 Å². The van der Waals surface area contributed by atoms with Gasteiger partial charge in [0.25, 0.3) is 0 Å². The van der Waals surface area contributed by atoms with Crippen molar-refractivity contribution in [2.45, 2.75) is 26.1 Å². The Kier molecular flexibility index (Phi) is 9.24. The summed E-state index contributed by atoms with van der Waals surface area (Å²) in [5.41, 5.74) is 16.4. The van der Waals surface area contributed by atoms with Crippen molar-refractivity contribution in [2.75, 3.05) is 25.7 Å². The minimum atomic E-state index is -0.523. The minimum absolute atomic E-state index is 0.148. The van der Waals surface area contributed by atoms with Gasteiger partial charge >= 0.3 is 11.3 Å². The molecule has 0 bridgehead atoms. The van der Waals surface area contributed by atoms with Gasteiger partial charge in [0.05, 0.1) is 23.3 Å². The maximum Gasteiger partial charge on any atom is 0.340 e. The van der Waals surface area contributed by atoms with E-state index in [1.165, 1.54) is 12.1 Å². The molecule has 6 rings (SSSR count). The fraction of sp³-hybridized carbons (Fsp3) is 0.167. The minimum Gasteiger partial charge on any atom is -0.454 e. The molecule has 4 aromatic carbocycles. The highest BCUT2D eigenvalue weighted by atomic mass is 35.5. The van der Waals surface area contributed by atoms with E-state index in [1.807, 2.05) is 24.3 Å². The van der Waals surface area contributed by atoms with Crippen LogP contribution in [0.1, 0.15) is 33.4 Å². The van der Waals surface area contributed by atoms with Gasteiger partial charge < -0.3 is 34.5 Å². The fourth-order valence-electron chi connectivity index (χ4n) is 5.67. The number of hydrogen-bond donors (Lipinski definition) is 2. The first kappa shape index (κ1) is 32.2. The molecule has 6 aromatic rings. The molecule has 2 heterocycles. The zero-order valence-corrected chi connectivity index (χ0v) is 27.0. The SMILES string of the molecule is COCc1c(Cc2cccc(N)c2)c(=O)oc2cc(Oc3cc4oc(=O)c(Cc5cccc(N)c5)c(COC)c4cc3Cl)c(Cl)cc12. The molecule has 4 N–H and O–H groups in total. The molecule has 0 aliphatic heterocycles. The second-order valence-corrected chi connectivity index (χ2v) is 11.9. The van der Waals surface area contributed by atoms with Crippen molar-refractivity contribution in [1.29, 1.82) is 0 Å². The second-order valence-electron chi connectivity index (χ2n) is 11.1. The van der Waals surface area contributed by atoms with Crippen LogP contribution in [0.2, 0.25) is 10.0 Å². The van der Waals surface area contributed by atoms with Crippen LogP contribution in [0.3, 0.4) is 0 Å². The number of nitrogen functional groups attached to an aromatic ring is 2. The molecule has 0 aliphatic carbocycles. The number of benzene rings is 4. The quantitative estimate of drug-likeness (QED) is 0.111. The molecule has 0 atom stereocenters. The summed E-state index contributed by atoms with van der Waals surface area (Å²) in [4.78, 5) is 26.5. The molecular weight excluding hydrogens is 643 g/mol. The zero-order valence-electron chi connectivity index (χ0n) is 25.5. The molecule has 47 heavy (non-hydrogen) atoms. The number of anilines is 2. The lowest BCUT2D eigenvalue weighted by atomic mass is 9.98. The predicted octanol–water partition coefficient (Wildman–Crippen LogP) is 7.64. The largest absolute Gasteiger partial charge is 0.454 e. The second kappa shape index (κ2) is 13.5. The highest BCUT2D eigenvalue weighted by Crippen LogP contribution is 2.40. The first-order chi connectivity index (χ1) is 22.6. The highest BCUT2D eigenvalue weighted by molar-refractivity contribution is 6.33. The number of ether oxygens (including phenoxy) is 3. The Bertz CT molecular complexity index is 2100. The number of hydrogen-bond acceptors (Lipinski definition) is 9. The standard InChI is InChI=1S/C36H30Cl2N2O7/c1-43-17-27-23-13-29(37)33(15-31(23)46-35(41)25(27)11-19-5-3-7-21(39)9-19)45-34-16-32-24(14-30(34)38)28(18-44-2)26(36(42)47-32)12-20-6-4-8-22(40)10-20/h3-10,13-16H,11-12,17-18,39-40H2,1-2H3. The van der Waals surface area contributed by atoms with Crippen molar-refractivity contribution >= 4 is 56.5 Å². The van der Waals surface area contributed by atoms with Gasteiger partial charge in [-0.1, -0.05) is 47.5 Å². The maximum absolute atomic E-state index is 13.2. The Morgan fingerprint density at radius 2 is 1.04 bits per heavy atom. The van der Waals surface area contributed by atoms with E-state index >= 15 is 0 Å². The van der Waals surface area contributed by atoms with E-state index in [2.05, 4.69) is 0 Å². The molecular formula is C36H30Cl2N2O7. The normalized spacial score (nSPS) is 11.4. The summed E-state index contributed by atoms with van der Waals surface area (Å²) in [6.45, 7) is 0.296. The lowest BCUT2D eigenvalue weighted by molar-refractivity contribution is 0.184. The average Bonchev–Trinajstić information content (AvgIpc) is 3.02. The molecule has 0 saturated heterocycles. The molecule has 0 saturated carbocycles. The number of nitrogens with two attached hydrogens (primary N) is 2. The van der Waals surface area contributed by atoms with Crippen LogP contribution in [0.15, 0.2) is 91.2 Å². The van der Waals surface area contributed by atoms with E-state index in [4.69, 9.17) is 57.7 Å². The summed E-state index contributed by atoms with van der Waals surface area (Å²) in [6, 6.07) is 20.9.